The van der Waals surface area contributed by atoms with E-state index in [2.05, 4.69) is 12.2 Å². The Morgan fingerprint density at radius 3 is 2.39 bits per heavy atom. The highest BCUT2D eigenvalue weighted by Gasteiger charge is 2.12. The van der Waals surface area contributed by atoms with Crippen LogP contribution in [0.4, 0.5) is 10.5 Å². The van der Waals surface area contributed by atoms with E-state index in [0.29, 0.717) is 13.2 Å². The Labute approximate surface area is 196 Å². The molecule has 0 radical (unpaired) electrons. The number of amides is 3. The molecule has 3 N–H and O–H groups in total. The van der Waals surface area contributed by atoms with Crippen LogP contribution in [0, 0.1) is 0 Å². The van der Waals surface area contributed by atoms with Gasteiger partial charge >= 0.3 is 11.9 Å². The first kappa shape index (κ1) is 25.9. The third kappa shape index (κ3) is 8.27. The molecule has 0 heterocycles. The third-order valence-electron chi connectivity index (χ3n) is 5.26. The predicted molar refractivity (Wildman–Crippen MR) is 132 cm³/mol. The van der Waals surface area contributed by atoms with Gasteiger partial charge in [-0.3, -0.25) is 14.9 Å². The number of nitrogens with one attached hydrogen (secondary N) is 2. The number of ether oxygens (including phenoxy) is 1. The minimum atomic E-state index is -0.698. The second-order valence-electron chi connectivity index (χ2n) is 7.76. The summed E-state index contributed by atoms with van der Waals surface area (Å²) < 4.78 is 5.28. The largest absolute Gasteiger partial charge is 0.488 e. The molecular formula is C26H35N3O4. The van der Waals surface area contributed by atoms with Gasteiger partial charge in [0, 0.05) is 19.3 Å². The number of carbonyl (C=O) groups excluding carboxylic acids is 2. The number of hydrogen-bond donors (Lipinski definition) is 3. The number of hydrogen-bond acceptors (Lipinski definition) is 4. The molecule has 0 aliphatic carbocycles. The first-order chi connectivity index (χ1) is 16.0. The monoisotopic (exact) mass is 453 g/mol. The molecule has 0 aliphatic heterocycles. The molecule has 178 valence electrons. The van der Waals surface area contributed by atoms with Crippen LogP contribution in [-0.4, -0.2) is 37.3 Å². The van der Waals surface area contributed by atoms with Gasteiger partial charge in [-0.25, -0.2) is 10.3 Å². The third-order valence-corrected chi connectivity index (χ3v) is 5.26. The zero-order valence-corrected chi connectivity index (χ0v) is 19.8. The molecule has 0 bridgehead atoms. The summed E-state index contributed by atoms with van der Waals surface area (Å²) in [5.74, 6) is -0.663. The molecule has 0 aliphatic rings. The maximum atomic E-state index is 12.5. The Kier molecular flexibility index (Phi) is 11.0. The van der Waals surface area contributed by atoms with Gasteiger partial charge in [-0.15, -0.1) is 0 Å². The Bertz CT molecular complexity index is 925. The van der Waals surface area contributed by atoms with Crippen LogP contribution in [0.15, 0.2) is 54.3 Å². The molecule has 0 unspecified atom stereocenters. The standard InChI is InChI=1S/C26H35N3O4/c1-4-6-7-8-9-17-27-26(31)29(3)23-12-10-11-22(19-23)21-15-13-20(14-16-21)18-24(33-5-2)25(30)28-32/h10-16,18-19,32H,4-9,17H2,1-3H3,(H,27,31)(H,28,30)/b24-18+. The summed E-state index contributed by atoms with van der Waals surface area (Å²) in [6, 6.07) is 15.3. The van der Waals surface area contributed by atoms with Gasteiger partial charge in [-0.2, -0.15) is 0 Å². The lowest BCUT2D eigenvalue weighted by atomic mass is 10.0. The molecule has 2 aromatic rings. The highest BCUT2D eigenvalue weighted by atomic mass is 16.5. The summed E-state index contributed by atoms with van der Waals surface area (Å²) in [7, 11) is 1.76. The minimum Gasteiger partial charge on any atom is -0.488 e. The fourth-order valence-corrected chi connectivity index (χ4v) is 3.36. The van der Waals surface area contributed by atoms with Crippen molar-refractivity contribution in [2.75, 3.05) is 25.1 Å². The van der Waals surface area contributed by atoms with Gasteiger partial charge in [0.05, 0.1) is 6.61 Å². The van der Waals surface area contributed by atoms with E-state index < -0.39 is 5.91 Å². The van der Waals surface area contributed by atoms with Crippen molar-refractivity contribution < 1.29 is 19.5 Å². The number of benzene rings is 2. The van der Waals surface area contributed by atoms with E-state index in [9.17, 15) is 9.59 Å². The van der Waals surface area contributed by atoms with Crippen molar-refractivity contribution in [3.8, 4) is 11.1 Å². The fraction of sp³-hybridized carbons (Fsp3) is 0.385. The van der Waals surface area contributed by atoms with E-state index >= 15 is 0 Å². The molecule has 2 rings (SSSR count). The van der Waals surface area contributed by atoms with Crippen molar-refractivity contribution in [3.05, 3.63) is 59.9 Å². The van der Waals surface area contributed by atoms with Crippen LogP contribution < -0.4 is 15.7 Å². The maximum Gasteiger partial charge on any atom is 0.321 e. The number of rotatable bonds is 12. The van der Waals surface area contributed by atoms with E-state index in [4.69, 9.17) is 9.94 Å². The van der Waals surface area contributed by atoms with E-state index in [-0.39, 0.29) is 11.8 Å². The highest BCUT2D eigenvalue weighted by molar-refractivity contribution is 5.95. The van der Waals surface area contributed by atoms with Crippen molar-refractivity contribution in [3.63, 3.8) is 0 Å². The van der Waals surface area contributed by atoms with Gasteiger partial charge in [-0.1, -0.05) is 69.0 Å². The molecule has 0 saturated carbocycles. The topological polar surface area (TPSA) is 90.9 Å². The summed E-state index contributed by atoms with van der Waals surface area (Å²) >= 11 is 0. The average Bonchev–Trinajstić information content (AvgIpc) is 2.85. The quantitative estimate of drug-likeness (QED) is 0.133. The molecule has 0 fully saturated rings. The molecule has 33 heavy (non-hydrogen) atoms. The molecule has 0 saturated heterocycles. The van der Waals surface area contributed by atoms with Crippen molar-refractivity contribution in [1.82, 2.24) is 10.8 Å². The summed E-state index contributed by atoms with van der Waals surface area (Å²) in [4.78, 5) is 25.8. The van der Waals surface area contributed by atoms with Gasteiger partial charge < -0.3 is 10.1 Å². The first-order valence-corrected chi connectivity index (χ1v) is 11.5. The van der Waals surface area contributed by atoms with Crippen LogP contribution >= 0.6 is 0 Å². The number of carbonyl (C=O) groups is 2. The lowest BCUT2D eigenvalue weighted by molar-refractivity contribution is -0.128. The smallest absolute Gasteiger partial charge is 0.321 e. The SMILES string of the molecule is CCCCCCCNC(=O)N(C)c1cccc(-c2ccc(/C=C(/OCC)C(=O)NO)cc2)c1. The molecule has 2 aromatic carbocycles. The number of urea groups is 1. The predicted octanol–water partition coefficient (Wildman–Crippen LogP) is 5.35. The molecular weight excluding hydrogens is 418 g/mol. The Balaban J connectivity index is 2.04. The van der Waals surface area contributed by atoms with Crippen molar-refractivity contribution >= 4 is 23.7 Å². The summed E-state index contributed by atoms with van der Waals surface area (Å²) in [6.07, 6.45) is 7.35. The lowest BCUT2D eigenvalue weighted by Crippen LogP contribution is -2.37. The number of unbranched alkanes of at least 4 members (excludes halogenated alkanes) is 4. The van der Waals surface area contributed by atoms with Gasteiger partial charge in [0.15, 0.2) is 5.76 Å². The van der Waals surface area contributed by atoms with Crippen LogP contribution in [-0.2, 0) is 9.53 Å². The second-order valence-corrected chi connectivity index (χ2v) is 7.76. The molecule has 7 heteroatoms. The maximum absolute atomic E-state index is 12.5. The lowest BCUT2D eigenvalue weighted by Gasteiger charge is -2.19. The van der Waals surface area contributed by atoms with Crippen molar-refractivity contribution in [1.29, 1.82) is 0 Å². The van der Waals surface area contributed by atoms with E-state index in [1.165, 1.54) is 19.3 Å². The van der Waals surface area contributed by atoms with Gasteiger partial charge in [0.1, 0.15) is 0 Å². The molecule has 7 nitrogen and oxygen atoms in total. The molecule has 0 aromatic heterocycles. The Morgan fingerprint density at radius 1 is 1.00 bits per heavy atom. The van der Waals surface area contributed by atoms with Crippen molar-refractivity contribution in [2.24, 2.45) is 0 Å². The van der Waals surface area contributed by atoms with Crippen LogP contribution in [0.25, 0.3) is 17.2 Å². The van der Waals surface area contributed by atoms with E-state index in [1.54, 1.807) is 30.4 Å². The summed E-state index contributed by atoms with van der Waals surface area (Å²) in [5.41, 5.74) is 5.10. The zero-order chi connectivity index (χ0) is 24.1. The minimum absolute atomic E-state index is 0.0350. The molecule has 0 atom stereocenters. The number of anilines is 1. The molecule has 0 spiro atoms. The van der Waals surface area contributed by atoms with E-state index in [1.807, 2.05) is 48.5 Å². The van der Waals surface area contributed by atoms with Crippen LogP contribution in [0.5, 0.6) is 0 Å². The number of hydroxylamine groups is 1. The van der Waals surface area contributed by atoms with Gasteiger partial charge in [-0.05, 0) is 48.2 Å². The summed E-state index contributed by atoms with van der Waals surface area (Å²) in [6.45, 7) is 4.94. The molecule has 3 amide bonds. The van der Waals surface area contributed by atoms with Crippen LogP contribution in [0.3, 0.4) is 0 Å². The fourth-order valence-electron chi connectivity index (χ4n) is 3.36. The highest BCUT2D eigenvalue weighted by Crippen LogP contribution is 2.25. The Morgan fingerprint density at radius 2 is 1.73 bits per heavy atom. The zero-order valence-electron chi connectivity index (χ0n) is 19.8. The van der Waals surface area contributed by atoms with Crippen molar-refractivity contribution in [2.45, 2.75) is 46.0 Å². The van der Waals surface area contributed by atoms with Crippen LogP contribution in [0.2, 0.25) is 0 Å². The van der Waals surface area contributed by atoms with Gasteiger partial charge in [0.25, 0.3) is 0 Å². The van der Waals surface area contributed by atoms with Crippen LogP contribution in [0.1, 0.15) is 51.5 Å². The number of nitrogens with zero attached hydrogens (tertiary/aromatic N) is 1. The Hall–Kier alpha value is -3.32. The normalized spacial score (nSPS) is 11.1. The van der Waals surface area contributed by atoms with Gasteiger partial charge in [0.2, 0.25) is 0 Å². The summed E-state index contributed by atoms with van der Waals surface area (Å²) in [5, 5.41) is 11.8. The van der Waals surface area contributed by atoms with E-state index in [0.717, 1.165) is 35.2 Å². The second kappa shape index (κ2) is 14.0. The average molecular weight is 454 g/mol. The first-order valence-electron chi connectivity index (χ1n) is 11.5.